The summed E-state index contributed by atoms with van der Waals surface area (Å²) in [6.07, 6.45) is -4.33. The van der Waals surface area contributed by atoms with Crippen LogP contribution >= 0.6 is 15.9 Å². The van der Waals surface area contributed by atoms with Gasteiger partial charge in [0.1, 0.15) is 0 Å². The fourth-order valence-corrected chi connectivity index (χ4v) is 2.39. The van der Waals surface area contributed by atoms with Crippen molar-refractivity contribution in [2.45, 2.75) is 25.7 Å². The van der Waals surface area contributed by atoms with Crippen molar-refractivity contribution in [3.05, 3.63) is 39.9 Å². The smallest absolute Gasteiger partial charge is 0.379 e. The molecule has 0 aliphatic heterocycles. The third-order valence-corrected chi connectivity index (χ3v) is 4.02. The molecule has 0 amide bonds. The maximum absolute atomic E-state index is 12.4. The molecule has 4 nitrogen and oxygen atoms in total. The maximum Gasteiger partial charge on any atom is 0.418 e. The van der Waals surface area contributed by atoms with Crippen LogP contribution in [0.1, 0.15) is 23.1 Å². The topological polar surface area (TPSA) is 43.0 Å². The van der Waals surface area contributed by atoms with E-state index in [0.29, 0.717) is 6.54 Å². The highest BCUT2D eigenvalue weighted by Crippen LogP contribution is 2.32. The Hall–Kier alpha value is -1.28. The van der Waals surface area contributed by atoms with Gasteiger partial charge in [0, 0.05) is 25.0 Å². The molecule has 0 aliphatic rings. The lowest BCUT2D eigenvalue weighted by Crippen LogP contribution is -2.19. The van der Waals surface area contributed by atoms with Gasteiger partial charge in [-0.15, -0.1) is 0 Å². The van der Waals surface area contributed by atoms with Gasteiger partial charge >= 0.3 is 6.18 Å². The molecular formula is C12H13BrF3N3O. The van der Waals surface area contributed by atoms with Crippen LogP contribution in [-0.2, 0) is 13.6 Å². The van der Waals surface area contributed by atoms with E-state index in [9.17, 15) is 18.3 Å². The number of halogens is 4. The minimum Gasteiger partial charge on any atom is -0.379 e. The van der Waals surface area contributed by atoms with Crippen LogP contribution in [0.25, 0.3) is 0 Å². The summed E-state index contributed by atoms with van der Waals surface area (Å²) >= 11 is 3.40. The number of aromatic nitrogens is 3. The first-order chi connectivity index (χ1) is 9.20. The predicted octanol–water partition coefficient (Wildman–Crippen LogP) is 2.94. The molecule has 0 aromatic carbocycles. The summed E-state index contributed by atoms with van der Waals surface area (Å²) in [5, 5.41) is 13.4. The highest BCUT2D eigenvalue weighted by atomic mass is 79.9. The lowest BCUT2D eigenvalue weighted by Gasteiger charge is -2.12. The summed E-state index contributed by atoms with van der Waals surface area (Å²) in [6.45, 7) is 2.20. The first-order valence-corrected chi connectivity index (χ1v) is 6.58. The zero-order chi connectivity index (χ0) is 15.1. The SMILES string of the molecule is Cc1nn(C)c(Cn2ccc(C(O)C(F)(F)F)c2)c1Br. The molecule has 2 aromatic rings. The van der Waals surface area contributed by atoms with Crippen LogP contribution < -0.4 is 0 Å². The molecule has 0 saturated carbocycles. The Morgan fingerprint density at radius 3 is 2.60 bits per heavy atom. The Morgan fingerprint density at radius 2 is 2.10 bits per heavy atom. The Morgan fingerprint density at radius 1 is 1.45 bits per heavy atom. The number of hydrogen-bond acceptors (Lipinski definition) is 2. The predicted molar refractivity (Wildman–Crippen MR) is 70.2 cm³/mol. The van der Waals surface area contributed by atoms with E-state index in [1.165, 1.54) is 18.5 Å². The van der Waals surface area contributed by atoms with Crippen molar-refractivity contribution in [1.29, 1.82) is 0 Å². The van der Waals surface area contributed by atoms with Gasteiger partial charge in [-0.05, 0) is 28.9 Å². The highest BCUT2D eigenvalue weighted by Gasteiger charge is 2.39. The van der Waals surface area contributed by atoms with E-state index in [1.807, 2.05) is 6.92 Å². The fraction of sp³-hybridized carbons (Fsp3) is 0.417. The lowest BCUT2D eigenvalue weighted by molar-refractivity contribution is -0.206. The van der Waals surface area contributed by atoms with E-state index in [-0.39, 0.29) is 5.56 Å². The number of aryl methyl sites for hydroxylation is 2. The van der Waals surface area contributed by atoms with Crippen molar-refractivity contribution in [1.82, 2.24) is 14.3 Å². The third-order valence-electron chi connectivity index (χ3n) is 2.99. The molecule has 0 saturated heterocycles. The van der Waals surface area contributed by atoms with Gasteiger partial charge in [-0.25, -0.2) is 0 Å². The highest BCUT2D eigenvalue weighted by molar-refractivity contribution is 9.10. The Kier molecular flexibility index (Phi) is 3.97. The van der Waals surface area contributed by atoms with Crippen molar-refractivity contribution in [3.63, 3.8) is 0 Å². The first kappa shape index (κ1) is 15.1. The van der Waals surface area contributed by atoms with E-state index in [4.69, 9.17) is 0 Å². The fourth-order valence-electron chi connectivity index (χ4n) is 1.93. The van der Waals surface area contributed by atoms with E-state index < -0.39 is 12.3 Å². The molecule has 0 bridgehead atoms. The second-order valence-corrected chi connectivity index (χ2v) is 5.32. The van der Waals surface area contributed by atoms with Gasteiger partial charge in [-0.1, -0.05) is 0 Å². The molecule has 2 heterocycles. The van der Waals surface area contributed by atoms with E-state index in [0.717, 1.165) is 15.9 Å². The van der Waals surface area contributed by atoms with Crippen LogP contribution in [0, 0.1) is 6.92 Å². The van der Waals surface area contributed by atoms with Crippen LogP contribution in [0.2, 0.25) is 0 Å². The summed E-state index contributed by atoms with van der Waals surface area (Å²) in [5.41, 5.74) is 1.48. The molecule has 1 atom stereocenters. The van der Waals surface area contributed by atoms with E-state index in [1.54, 1.807) is 16.3 Å². The Balaban J connectivity index is 2.22. The van der Waals surface area contributed by atoms with Gasteiger partial charge in [0.2, 0.25) is 0 Å². The molecule has 2 rings (SSSR count). The van der Waals surface area contributed by atoms with Crippen LogP contribution in [0.4, 0.5) is 13.2 Å². The molecule has 20 heavy (non-hydrogen) atoms. The van der Waals surface area contributed by atoms with Crippen LogP contribution in [0.5, 0.6) is 0 Å². The molecule has 110 valence electrons. The standard InChI is InChI=1S/C12H13BrF3N3O/c1-7-10(13)9(18(2)17-7)6-19-4-3-8(5-19)11(20)12(14,15)16/h3-5,11,20H,6H2,1-2H3. The quantitative estimate of drug-likeness (QED) is 0.923. The number of hydrogen-bond donors (Lipinski definition) is 1. The van der Waals surface area contributed by atoms with Crippen molar-refractivity contribution in [2.75, 3.05) is 0 Å². The van der Waals surface area contributed by atoms with E-state index in [2.05, 4.69) is 21.0 Å². The second kappa shape index (κ2) is 5.25. The zero-order valence-electron chi connectivity index (χ0n) is 10.8. The maximum atomic E-state index is 12.4. The summed E-state index contributed by atoms with van der Waals surface area (Å²) < 4.78 is 41.3. The average molecular weight is 352 g/mol. The first-order valence-electron chi connectivity index (χ1n) is 5.78. The molecule has 0 fully saturated rings. The summed E-state index contributed by atoms with van der Waals surface area (Å²) in [5.74, 6) is 0. The number of alkyl halides is 3. The van der Waals surface area contributed by atoms with Crippen molar-refractivity contribution in [3.8, 4) is 0 Å². The summed E-state index contributed by atoms with van der Waals surface area (Å²) in [7, 11) is 1.77. The van der Waals surface area contributed by atoms with Gasteiger partial charge in [-0.2, -0.15) is 18.3 Å². The van der Waals surface area contributed by atoms with Crippen molar-refractivity contribution >= 4 is 15.9 Å². The molecule has 2 aromatic heterocycles. The van der Waals surface area contributed by atoms with Gasteiger partial charge in [0.05, 0.1) is 22.4 Å². The van der Waals surface area contributed by atoms with E-state index >= 15 is 0 Å². The molecule has 1 unspecified atom stereocenters. The monoisotopic (exact) mass is 351 g/mol. The minimum atomic E-state index is -4.66. The number of rotatable bonds is 3. The lowest BCUT2D eigenvalue weighted by atomic mass is 10.2. The molecule has 1 N–H and O–H groups in total. The van der Waals surface area contributed by atoms with Crippen molar-refractivity contribution in [2.24, 2.45) is 7.05 Å². The minimum absolute atomic E-state index is 0.174. The number of aliphatic hydroxyl groups is 1. The molecule has 0 spiro atoms. The number of aliphatic hydroxyl groups excluding tert-OH is 1. The number of nitrogens with zero attached hydrogens (tertiary/aromatic N) is 3. The van der Waals surface area contributed by atoms with Gasteiger partial charge in [0.15, 0.2) is 6.10 Å². The molecular weight excluding hydrogens is 339 g/mol. The Bertz CT molecular complexity index is 618. The summed E-state index contributed by atoms with van der Waals surface area (Å²) in [6, 6.07) is 1.26. The second-order valence-electron chi connectivity index (χ2n) is 4.53. The summed E-state index contributed by atoms with van der Waals surface area (Å²) in [4.78, 5) is 0. The third kappa shape index (κ3) is 2.90. The van der Waals surface area contributed by atoms with Crippen molar-refractivity contribution < 1.29 is 18.3 Å². The van der Waals surface area contributed by atoms with Gasteiger partial charge in [0.25, 0.3) is 0 Å². The van der Waals surface area contributed by atoms with Crippen LogP contribution in [-0.4, -0.2) is 25.6 Å². The van der Waals surface area contributed by atoms with Gasteiger partial charge < -0.3 is 9.67 Å². The molecule has 0 radical (unpaired) electrons. The van der Waals surface area contributed by atoms with Gasteiger partial charge in [-0.3, -0.25) is 4.68 Å². The zero-order valence-corrected chi connectivity index (χ0v) is 12.4. The van der Waals surface area contributed by atoms with Crippen LogP contribution in [0.15, 0.2) is 22.9 Å². The largest absolute Gasteiger partial charge is 0.418 e. The molecule has 0 aliphatic carbocycles. The van der Waals surface area contributed by atoms with Crippen LogP contribution in [0.3, 0.4) is 0 Å². The normalized spacial score (nSPS) is 13.8. The molecule has 8 heteroatoms. The Labute approximate surface area is 121 Å². The average Bonchev–Trinajstić information content (AvgIpc) is 2.88.